The Bertz CT molecular complexity index is 222. The van der Waals surface area contributed by atoms with E-state index in [0.29, 0.717) is 18.0 Å². The number of nitrogens with one attached hydrogen (secondary N) is 3. The molecule has 2 fully saturated rings. The summed E-state index contributed by atoms with van der Waals surface area (Å²) in [4.78, 5) is 11.5. The summed E-state index contributed by atoms with van der Waals surface area (Å²) in [6.07, 6.45) is 4.64. The summed E-state index contributed by atoms with van der Waals surface area (Å²) >= 11 is 0. The zero-order valence-electron chi connectivity index (χ0n) is 9.38. The largest absolute Gasteiger partial charge is 0.335 e. The van der Waals surface area contributed by atoms with E-state index in [4.69, 9.17) is 0 Å². The molecule has 1 saturated carbocycles. The van der Waals surface area contributed by atoms with E-state index in [2.05, 4.69) is 22.9 Å². The molecule has 1 heterocycles. The van der Waals surface area contributed by atoms with Gasteiger partial charge in [0.05, 0.1) is 0 Å². The van der Waals surface area contributed by atoms with Gasteiger partial charge >= 0.3 is 6.03 Å². The Kier molecular flexibility index (Phi) is 3.46. The highest BCUT2D eigenvalue weighted by Crippen LogP contribution is 2.19. The van der Waals surface area contributed by atoms with Crippen LogP contribution in [0.3, 0.4) is 0 Å². The van der Waals surface area contributed by atoms with Crippen molar-refractivity contribution in [3.63, 3.8) is 0 Å². The molecule has 0 aromatic carbocycles. The summed E-state index contributed by atoms with van der Waals surface area (Å²) < 4.78 is 0. The Labute approximate surface area is 91.2 Å². The fraction of sp³-hybridized carbons (Fsp3) is 0.909. The highest BCUT2D eigenvalue weighted by Gasteiger charge is 2.25. The van der Waals surface area contributed by atoms with Crippen LogP contribution in [0.4, 0.5) is 4.79 Å². The molecule has 2 aliphatic rings. The molecule has 1 aliphatic heterocycles. The van der Waals surface area contributed by atoms with Crippen LogP contribution in [-0.4, -0.2) is 31.2 Å². The highest BCUT2D eigenvalue weighted by atomic mass is 16.2. The molecule has 0 aromatic rings. The van der Waals surface area contributed by atoms with Gasteiger partial charge in [-0.15, -0.1) is 0 Å². The van der Waals surface area contributed by atoms with Crippen LogP contribution in [0.25, 0.3) is 0 Å². The molecule has 1 unspecified atom stereocenters. The van der Waals surface area contributed by atoms with Crippen molar-refractivity contribution in [2.45, 2.75) is 44.7 Å². The van der Waals surface area contributed by atoms with Gasteiger partial charge < -0.3 is 16.0 Å². The van der Waals surface area contributed by atoms with E-state index in [1.807, 2.05) is 0 Å². The van der Waals surface area contributed by atoms with E-state index in [0.717, 1.165) is 25.9 Å². The number of hydrogen-bond donors (Lipinski definition) is 3. The number of hydrogen-bond acceptors (Lipinski definition) is 2. The minimum atomic E-state index is 0.0172. The summed E-state index contributed by atoms with van der Waals surface area (Å²) in [6, 6.07) is 0.764. The minimum absolute atomic E-state index is 0.0172. The van der Waals surface area contributed by atoms with E-state index >= 15 is 0 Å². The van der Waals surface area contributed by atoms with Crippen LogP contribution in [0.1, 0.15) is 32.6 Å². The van der Waals surface area contributed by atoms with Crippen molar-refractivity contribution in [2.75, 3.05) is 13.1 Å². The van der Waals surface area contributed by atoms with Crippen molar-refractivity contribution in [1.82, 2.24) is 16.0 Å². The second-order valence-corrected chi connectivity index (χ2v) is 4.77. The van der Waals surface area contributed by atoms with Crippen molar-refractivity contribution in [3.05, 3.63) is 0 Å². The van der Waals surface area contributed by atoms with E-state index in [1.54, 1.807) is 0 Å². The fourth-order valence-electron chi connectivity index (χ4n) is 2.12. The topological polar surface area (TPSA) is 53.2 Å². The first-order valence-corrected chi connectivity index (χ1v) is 6.03. The number of carbonyl (C=O) groups is 1. The third-order valence-electron chi connectivity index (χ3n) is 3.36. The van der Waals surface area contributed by atoms with Gasteiger partial charge in [0.1, 0.15) is 0 Å². The van der Waals surface area contributed by atoms with E-state index < -0.39 is 0 Å². The van der Waals surface area contributed by atoms with Gasteiger partial charge in [0.15, 0.2) is 0 Å². The molecular weight excluding hydrogens is 190 g/mol. The normalized spacial score (nSPS) is 24.6. The summed E-state index contributed by atoms with van der Waals surface area (Å²) in [5, 5.41) is 9.34. The van der Waals surface area contributed by atoms with Crippen molar-refractivity contribution in [3.8, 4) is 0 Å². The molecule has 15 heavy (non-hydrogen) atoms. The highest BCUT2D eigenvalue weighted by molar-refractivity contribution is 5.74. The standard InChI is InChI=1S/C11H21N3O/c1-8(9-4-6-12-7-5-9)13-11(15)14-10-2-3-10/h8-10,12H,2-7H2,1H3,(H2,13,14,15). The average molecular weight is 211 g/mol. The maximum atomic E-state index is 11.5. The molecule has 1 aliphatic carbocycles. The van der Waals surface area contributed by atoms with Crippen LogP contribution < -0.4 is 16.0 Å². The van der Waals surface area contributed by atoms with Gasteiger partial charge in [-0.2, -0.15) is 0 Å². The van der Waals surface area contributed by atoms with Crippen LogP contribution in [0.15, 0.2) is 0 Å². The van der Waals surface area contributed by atoms with Gasteiger partial charge in [0, 0.05) is 12.1 Å². The maximum Gasteiger partial charge on any atom is 0.315 e. The zero-order valence-corrected chi connectivity index (χ0v) is 9.38. The Morgan fingerprint density at radius 1 is 1.27 bits per heavy atom. The van der Waals surface area contributed by atoms with Crippen molar-refractivity contribution < 1.29 is 4.79 Å². The van der Waals surface area contributed by atoms with Crippen molar-refractivity contribution >= 4 is 6.03 Å². The second kappa shape index (κ2) is 4.84. The van der Waals surface area contributed by atoms with E-state index in [1.165, 1.54) is 12.8 Å². The SMILES string of the molecule is CC(NC(=O)NC1CC1)C1CCNCC1. The molecule has 4 nitrogen and oxygen atoms in total. The van der Waals surface area contributed by atoms with Gasteiger partial charge in [-0.3, -0.25) is 0 Å². The predicted octanol–water partition coefficient (Wildman–Crippen LogP) is 0.836. The van der Waals surface area contributed by atoms with Crippen LogP contribution in [0, 0.1) is 5.92 Å². The smallest absolute Gasteiger partial charge is 0.315 e. The number of amides is 2. The summed E-state index contributed by atoms with van der Waals surface area (Å²) in [5.74, 6) is 0.635. The monoisotopic (exact) mass is 211 g/mol. The Hall–Kier alpha value is -0.770. The maximum absolute atomic E-state index is 11.5. The van der Waals surface area contributed by atoms with E-state index in [9.17, 15) is 4.79 Å². The zero-order chi connectivity index (χ0) is 10.7. The average Bonchev–Trinajstić information content (AvgIpc) is 3.03. The lowest BCUT2D eigenvalue weighted by atomic mass is 9.91. The predicted molar refractivity (Wildman–Crippen MR) is 59.7 cm³/mol. The molecule has 1 atom stereocenters. The van der Waals surface area contributed by atoms with E-state index in [-0.39, 0.29) is 6.03 Å². The Balaban J connectivity index is 1.69. The van der Waals surface area contributed by atoms with Crippen LogP contribution in [0.2, 0.25) is 0 Å². The van der Waals surface area contributed by atoms with Gasteiger partial charge in [-0.05, 0) is 51.6 Å². The molecule has 2 amide bonds. The van der Waals surface area contributed by atoms with Gasteiger partial charge in [-0.1, -0.05) is 0 Å². The molecule has 0 bridgehead atoms. The molecule has 2 rings (SSSR count). The lowest BCUT2D eigenvalue weighted by Crippen LogP contribution is -2.47. The molecule has 3 N–H and O–H groups in total. The number of piperidine rings is 1. The first-order valence-electron chi connectivity index (χ1n) is 6.03. The summed E-state index contributed by atoms with van der Waals surface area (Å²) in [7, 11) is 0. The number of urea groups is 1. The third kappa shape index (κ3) is 3.38. The molecular formula is C11H21N3O. The summed E-state index contributed by atoms with van der Waals surface area (Å²) in [6.45, 7) is 4.28. The summed E-state index contributed by atoms with van der Waals surface area (Å²) in [5.41, 5.74) is 0. The van der Waals surface area contributed by atoms with Gasteiger partial charge in [0.2, 0.25) is 0 Å². The van der Waals surface area contributed by atoms with Crippen LogP contribution in [-0.2, 0) is 0 Å². The lowest BCUT2D eigenvalue weighted by Gasteiger charge is -2.28. The van der Waals surface area contributed by atoms with Crippen LogP contribution in [0.5, 0.6) is 0 Å². The second-order valence-electron chi connectivity index (χ2n) is 4.77. The van der Waals surface area contributed by atoms with Crippen molar-refractivity contribution in [1.29, 1.82) is 0 Å². The molecule has 86 valence electrons. The fourth-order valence-corrected chi connectivity index (χ4v) is 2.12. The minimum Gasteiger partial charge on any atom is -0.335 e. The molecule has 0 spiro atoms. The quantitative estimate of drug-likeness (QED) is 0.648. The first kappa shape index (κ1) is 10.7. The number of carbonyl (C=O) groups excluding carboxylic acids is 1. The van der Waals surface area contributed by atoms with Gasteiger partial charge in [-0.25, -0.2) is 4.79 Å². The first-order chi connectivity index (χ1) is 7.25. The van der Waals surface area contributed by atoms with Crippen LogP contribution >= 0.6 is 0 Å². The molecule has 0 aromatic heterocycles. The Morgan fingerprint density at radius 3 is 2.53 bits per heavy atom. The number of rotatable bonds is 3. The Morgan fingerprint density at radius 2 is 1.93 bits per heavy atom. The lowest BCUT2D eigenvalue weighted by molar-refractivity contribution is 0.226. The third-order valence-corrected chi connectivity index (χ3v) is 3.36. The molecule has 0 radical (unpaired) electrons. The van der Waals surface area contributed by atoms with Crippen molar-refractivity contribution in [2.24, 2.45) is 5.92 Å². The molecule has 4 heteroatoms. The molecule has 1 saturated heterocycles. The van der Waals surface area contributed by atoms with Gasteiger partial charge in [0.25, 0.3) is 0 Å².